The predicted octanol–water partition coefficient (Wildman–Crippen LogP) is 3.06. The van der Waals surface area contributed by atoms with Gasteiger partial charge in [-0.2, -0.15) is 4.68 Å². The second kappa shape index (κ2) is 8.26. The Morgan fingerprint density at radius 3 is 2.71 bits per heavy atom. The van der Waals surface area contributed by atoms with Crippen molar-refractivity contribution in [3.63, 3.8) is 0 Å². The van der Waals surface area contributed by atoms with Gasteiger partial charge in [-0.25, -0.2) is 4.79 Å². The van der Waals surface area contributed by atoms with Gasteiger partial charge in [-0.1, -0.05) is 28.9 Å². The van der Waals surface area contributed by atoms with Crippen LogP contribution in [0.1, 0.15) is 24.2 Å². The summed E-state index contributed by atoms with van der Waals surface area (Å²) >= 11 is 6.22. The van der Waals surface area contributed by atoms with Crippen molar-refractivity contribution in [2.75, 3.05) is 7.11 Å². The molecular formula is C19H18ClN3O5. The molecule has 0 radical (unpaired) electrons. The van der Waals surface area contributed by atoms with Crippen LogP contribution >= 0.6 is 11.6 Å². The van der Waals surface area contributed by atoms with E-state index in [1.807, 2.05) is 13.8 Å². The molecule has 1 heterocycles. The molecular weight excluding hydrogens is 386 g/mol. The van der Waals surface area contributed by atoms with Crippen LogP contribution in [0.5, 0.6) is 11.5 Å². The molecule has 2 aromatic carbocycles. The smallest absolute Gasteiger partial charge is 0.340 e. The van der Waals surface area contributed by atoms with E-state index < -0.39 is 11.5 Å². The highest BCUT2D eigenvalue weighted by Crippen LogP contribution is 2.37. The molecule has 0 bridgehead atoms. The highest BCUT2D eigenvalue weighted by Gasteiger charge is 2.18. The Morgan fingerprint density at radius 2 is 2.00 bits per heavy atom. The number of carbonyl (C=O) groups excluding carboxylic acids is 1. The van der Waals surface area contributed by atoms with E-state index in [1.54, 1.807) is 24.3 Å². The number of benzene rings is 2. The molecule has 9 heteroatoms. The van der Waals surface area contributed by atoms with Crippen LogP contribution in [0.15, 0.2) is 41.2 Å². The quantitative estimate of drug-likeness (QED) is 0.584. The molecule has 0 aliphatic carbocycles. The lowest BCUT2D eigenvalue weighted by Gasteiger charge is -2.16. The van der Waals surface area contributed by atoms with Crippen LogP contribution in [-0.4, -0.2) is 34.2 Å². The summed E-state index contributed by atoms with van der Waals surface area (Å²) in [6.07, 6.45) is -0.123. The number of hydrogen-bond donors (Lipinski definition) is 0. The molecule has 0 amide bonds. The third kappa shape index (κ3) is 4.07. The maximum Gasteiger partial charge on any atom is 0.340 e. The van der Waals surface area contributed by atoms with E-state index in [-0.39, 0.29) is 23.4 Å². The van der Waals surface area contributed by atoms with Gasteiger partial charge in [0, 0.05) is 0 Å². The van der Waals surface area contributed by atoms with Crippen LogP contribution in [0, 0.1) is 0 Å². The molecule has 0 saturated carbocycles. The molecule has 0 atom stereocenters. The summed E-state index contributed by atoms with van der Waals surface area (Å²) in [7, 11) is 1.44. The number of fused-ring (bicyclic) bond motifs is 1. The lowest BCUT2D eigenvalue weighted by Crippen LogP contribution is -2.26. The van der Waals surface area contributed by atoms with Crippen molar-refractivity contribution in [3.05, 3.63) is 57.3 Å². The normalized spacial score (nSPS) is 10.9. The minimum atomic E-state index is -0.696. The fourth-order valence-electron chi connectivity index (χ4n) is 2.50. The van der Waals surface area contributed by atoms with Crippen LogP contribution in [0.3, 0.4) is 0 Å². The van der Waals surface area contributed by atoms with Gasteiger partial charge in [0.05, 0.1) is 29.2 Å². The van der Waals surface area contributed by atoms with Gasteiger partial charge in [0.1, 0.15) is 5.52 Å². The van der Waals surface area contributed by atoms with Crippen LogP contribution in [0.4, 0.5) is 0 Å². The molecule has 0 N–H and O–H groups in total. The number of rotatable bonds is 6. The number of methoxy groups -OCH3 is 1. The second-order valence-corrected chi connectivity index (χ2v) is 6.54. The predicted molar refractivity (Wildman–Crippen MR) is 103 cm³/mol. The van der Waals surface area contributed by atoms with Gasteiger partial charge in [0.2, 0.25) is 0 Å². The molecule has 28 heavy (non-hydrogen) atoms. The Kier molecular flexibility index (Phi) is 5.79. The van der Waals surface area contributed by atoms with Crippen LogP contribution in [0.25, 0.3) is 10.9 Å². The van der Waals surface area contributed by atoms with E-state index >= 15 is 0 Å². The van der Waals surface area contributed by atoms with Crippen molar-refractivity contribution >= 4 is 28.5 Å². The van der Waals surface area contributed by atoms with Crippen LogP contribution in [-0.2, 0) is 11.5 Å². The third-order valence-corrected chi connectivity index (χ3v) is 4.05. The summed E-state index contributed by atoms with van der Waals surface area (Å²) in [5.41, 5.74) is 0.210. The Bertz CT molecular complexity index is 1080. The van der Waals surface area contributed by atoms with Gasteiger partial charge in [-0.3, -0.25) is 4.79 Å². The molecule has 0 aliphatic heterocycles. The van der Waals surface area contributed by atoms with E-state index in [9.17, 15) is 9.59 Å². The maximum absolute atomic E-state index is 12.4. The molecule has 8 nitrogen and oxygen atoms in total. The summed E-state index contributed by atoms with van der Waals surface area (Å²) in [6, 6.07) is 9.65. The summed E-state index contributed by atoms with van der Waals surface area (Å²) in [4.78, 5) is 24.8. The maximum atomic E-state index is 12.4. The van der Waals surface area contributed by atoms with Crippen molar-refractivity contribution < 1.29 is 19.0 Å². The van der Waals surface area contributed by atoms with E-state index in [0.29, 0.717) is 22.4 Å². The average Bonchev–Trinajstić information content (AvgIpc) is 2.68. The molecule has 0 saturated heterocycles. The Hall–Kier alpha value is -3.13. The zero-order valence-corrected chi connectivity index (χ0v) is 16.3. The van der Waals surface area contributed by atoms with Crippen LogP contribution < -0.4 is 15.0 Å². The Morgan fingerprint density at radius 1 is 1.25 bits per heavy atom. The summed E-state index contributed by atoms with van der Waals surface area (Å²) in [6.45, 7) is 3.31. The monoisotopic (exact) mass is 403 g/mol. The standard InChI is InChI=1S/C19H18ClN3O5/c1-11(2)28-17-14(20)8-12(9-16(17)26-3)19(25)27-10-23-18(24)13-6-4-5-7-15(13)21-22-23/h4-9,11H,10H2,1-3H3. The van der Waals surface area contributed by atoms with Crippen molar-refractivity contribution in [2.24, 2.45) is 0 Å². The van der Waals surface area contributed by atoms with Gasteiger partial charge in [-0.05, 0) is 38.1 Å². The first kappa shape index (κ1) is 19.6. The second-order valence-electron chi connectivity index (χ2n) is 6.13. The zero-order chi connectivity index (χ0) is 20.3. The fourth-order valence-corrected chi connectivity index (χ4v) is 2.75. The van der Waals surface area contributed by atoms with E-state index in [0.717, 1.165) is 4.68 Å². The number of halogens is 1. The summed E-state index contributed by atoms with van der Waals surface area (Å²) < 4.78 is 17.0. The number of esters is 1. The number of ether oxygens (including phenoxy) is 3. The molecule has 1 aromatic heterocycles. The molecule has 3 aromatic rings. The summed E-state index contributed by atoms with van der Waals surface area (Å²) in [5, 5.41) is 8.31. The number of carbonyl (C=O) groups is 1. The SMILES string of the molecule is COc1cc(C(=O)OCn2nnc3ccccc3c2=O)cc(Cl)c1OC(C)C. The molecule has 0 spiro atoms. The number of hydrogen-bond acceptors (Lipinski definition) is 7. The van der Waals surface area contributed by atoms with Crippen molar-refractivity contribution in [1.29, 1.82) is 0 Å². The highest BCUT2D eigenvalue weighted by atomic mass is 35.5. The largest absolute Gasteiger partial charge is 0.493 e. The van der Waals surface area contributed by atoms with E-state index in [1.165, 1.54) is 19.2 Å². The lowest BCUT2D eigenvalue weighted by molar-refractivity contribution is 0.0335. The Labute approximate surface area is 165 Å². The first-order valence-electron chi connectivity index (χ1n) is 8.44. The molecule has 0 fully saturated rings. The number of nitrogens with zero attached hydrogens (tertiary/aromatic N) is 3. The third-order valence-electron chi connectivity index (χ3n) is 3.77. The minimum Gasteiger partial charge on any atom is -0.493 e. The van der Waals surface area contributed by atoms with Crippen molar-refractivity contribution in [2.45, 2.75) is 26.7 Å². The average molecular weight is 404 g/mol. The zero-order valence-electron chi connectivity index (χ0n) is 15.5. The van der Waals surface area contributed by atoms with Crippen molar-refractivity contribution in [3.8, 4) is 11.5 Å². The molecule has 3 rings (SSSR count). The van der Waals surface area contributed by atoms with E-state index in [2.05, 4.69) is 10.3 Å². The van der Waals surface area contributed by atoms with Gasteiger partial charge >= 0.3 is 5.97 Å². The topological polar surface area (TPSA) is 92.5 Å². The lowest BCUT2D eigenvalue weighted by atomic mass is 10.2. The first-order valence-corrected chi connectivity index (χ1v) is 8.82. The molecule has 0 unspecified atom stereocenters. The van der Waals surface area contributed by atoms with E-state index in [4.69, 9.17) is 25.8 Å². The fraction of sp³-hybridized carbons (Fsp3) is 0.263. The summed E-state index contributed by atoms with van der Waals surface area (Å²) in [5.74, 6) is -0.0544. The molecule has 0 aliphatic rings. The van der Waals surface area contributed by atoms with Gasteiger partial charge in [0.25, 0.3) is 5.56 Å². The first-order chi connectivity index (χ1) is 13.4. The van der Waals surface area contributed by atoms with Gasteiger partial charge in [0.15, 0.2) is 18.2 Å². The molecule has 146 valence electrons. The highest BCUT2D eigenvalue weighted by molar-refractivity contribution is 6.32. The van der Waals surface area contributed by atoms with Gasteiger partial charge in [-0.15, -0.1) is 5.10 Å². The van der Waals surface area contributed by atoms with Crippen LogP contribution in [0.2, 0.25) is 5.02 Å². The van der Waals surface area contributed by atoms with Crippen molar-refractivity contribution in [1.82, 2.24) is 15.0 Å². The van der Waals surface area contributed by atoms with Gasteiger partial charge < -0.3 is 14.2 Å². The minimum absolute atomic E-state index is 0.123. The Balaban J connectivity index is 1.81. The number of aromatic nitrogens is 3.